The summed E-state index contributed by atoms with van der Waals surface area (Å²) < 4.78 is 43.7. The SMILES string of the molecule is C#Cc1c(F)ccc2cc(O)cc(-c3ccc4c(N5CC6CCC(C5)N6)nc(OCC5(CN6CCCOCC6)CC5)nc4c3F)c12. The van der Waals surface area contributed by atoms with Crippen LogP contribution in [-0.2, 0) is 4.74 Å². The number of nitrogens with one attached hydrogen (secondary N) is 1. The Morgan fingerprint density at radius 2 is 1.87 bits per heavy atom. The molecule has 0 radical (unpaired) electrons. The molecule has 4 aromatic rings. The van der Waals surface area contributed by atoms with Gasteiger partial charge < -0.3 is 29.7 Å². The second kappa shape index (κ2) is 11.6. The number of ether oxygens (including phenoxy) is 2. The van der Waals surface area contributed by atoms with E-state index in [4.69, 9.17) is 20.9 Å². The zero-order valence-electron chi connectivity index (χ0n) is 25.7. The summed E-state index contributed by atoms with van der Waals surface area (Å²) in [6, 6.07) is 10.0. The molecule has 10 heteroatoms. The zero-order chi connectivity index (χ0) is 31.4. The summed E-state index contributed by atoms with van der Waals surface area (Å²) in [5, 5.41) is 15.7. The minimum Gasteiger partial charge on any atom is -0.508 e. The van der Waals surface area contributed by atoms with Gasteiger partial charge in [0.2, 0.25) is 0 Å². The Bertz CT molecular complexity index is 1850. The minimum absolute atomic E-state index is 0.0152. The largest absolute Gasteiger partial charge is 0.508 e. The summed E-state index contributed by atoms with van der Waals surface area (Å²) in [7, 11) is 0. The lowest BCUT2D eigenvalue weighted by molar-refractivity contribution is 0.127. The lowest BCUT2D eigenvalue weighted by atomic mass is 9.93. The molecule has 8 rings (SSSR count). The molecular weight excluding hydrogens is 588 g/mol. The van der Waals surface area contributed by atoms with E-state index in [0.717, 1.165) is 78.0 Å². The quantitative estimate of drug-likeness (QED) is 0.270. The maximum atomic E-state index is 16.9. The molecule has 2 N–H and O–H groups in total. The summed E-state index contributed by atoms with van der Waals surface area (Å²) in [5.74, 6) is 1.80. The van der Waals surface area contributed by atoms with E-state index in [9.17, 15) is 9.50 Å². The highest BCUT2D eigenvalue weighted by atomic mass is 19.1. The third-order valence-electron chi connectivity index (χ3n) is 10.1. The second-order valence-corrected chi connectivity index (χ2v) is 13.4. The first-order chi connectivity index (χ1) is 22.4. The maximum absolute atomic E-state index is 16.9. The lowest BCUT2D eigenvalue weighted by Crippen LogP contribution is -2.51. The Kier molecular flexibility index (Phi) is 7.43. The highest BCUT2D eigenvalue weighted by Crippen LogP contribution is 2.47. The van der Waals surface area contributed by atoms with E-state index in [1.807, 2.05) is 6.07 Å². The van der Waals surface area contributed by atoms with Crippen molar-refractivity contribution in [3.63, 3.8) is 0 Å². The Morgan fingerprint density at radius 1 is 1.04 bits per heavy atom. The molecule has 3 aliphatic heterocycles. The van der Waals surface area contributed by atoms with Gasteiger partial charge in [-0.3, -0.25) is 0 Å². The van der Waals surface area contributed by atoms with Crippen LogP contribution < -0.4 is 15.0 Å². The number of hydrogen-bond acceptors (Lipinski definition) is 8. The van der Waals surface area contributed by atoms with Crippen molar-refractivity contribution >= 4 is 27.5 Å². The summed E-state index contributed by atoms with van der Waals surface area (Å²) in [4.78, 5) is 14.2. The van der Waals surface area contributed by atoms with Gasteiger partial charge in [-0.1, -0.05) is 18.1 Å². The van der Waals surface area contributed by atoms with E-state index in [1.54, 1.807) is 6.07 Å². The van der Waals surface area contributed by atoms with Crippen LogP contribution in [0.25, 0.3) is 32.8 Å². The van der Waals surface area contributed by atoms with Crippen molar-refractivity contribution in [3.05, 3.63) is 53.6 Å². The van der Waals surface area contributed by atoms with E-state index in [2.05, 4.69) is 26.0 Å². The lowest BCUT2D eigenvalue weighted by Gasteiger charge is -2.34. The molecule has 238 valence electrons. The predicted molar refractivity (Wildman–Crippen MR) is 173 cm³/mol. The number of halogens is 2. The molecule has 4 heterocycles. The molecule has 2 atom stereocenters. The van der Waals surface area contributed by atoms with Crippen LogP contribution in [0.5, 0.6) is 11.8 Å². The molecular formula is C36H37F2N5O3. The highest BCUT2D eigenvalue weighted by molar-refractivity contribution is 6.04. The van der Waals surface area contributed by atoms with Crippen LogP contribution in [0, 0.1) is 29.4 Å². The number of anilines is 1. The van der Waals surface area contributed by atoms with Crippen LogP contribution in [0.3, 0.4) is 0 Å². The fraction of sp³-hybridized carbons (Fsp3) is 0.444. The van der Waals surface area contributed by atoms with Gasteiger partial charge in [-0.2, -0.15) is 9.97 Å². The van der Waals surface area contributed by atoms with Gasteiger partial charge in [0.25, 0.3) is 0 Å². The molecule has 1 aromatic heterocycles. The Morgan fingerprint density at radius 3 is 2.65 bits per heavy atom. The Balaban J connectivity index is 1.21. The molecule has 2 bridgehead atoms. The number of terminal acetylenes is 1. The number of piperazine rings is 1. The van der Waals surface area contributed by atoms with Gasteiger partial charge in [0.05, 0.1) is 18.8 Å². The normalized spacial score (nSPS) is 22.6. The van der Waals surface area contributed by atoms with E-state index >= 15 is 4.39 Å². The number of fused-ring (bicyclic) bond motifs is 4. The first kappa shape index (κ1) is 29.4. The fourth-order valence-corrected chi connectivity index (χ4v) is 7.56. The van der Waals surface area contributed by atoms with Gasteiger partial charge in [-0.25, -0.2) is 8.78 Å². The van der Waals surface area contributed by atoms with Crippen molar-refractivity contribution in [1.29, 1.82) is 0 Å². The summed E-state index contributed by atoms with van der Waals surface area (Å²) >= 11 is 0. The summed E-state index contributed by atoms with van der Waals surface area (Å²) in [6.45, 7) is 6.35. The number of aromatic hydroxyl groups is 1. The Labute approximate surface area is 266 Å². The van der Waals surface area contributed by atoms with Crippen molar-refractivity contribution < 1.29 is 23.4 Å². The van der Waals surface area contributed by atoms with Crippen LogP contribution in [0.1, 0.15) is 37.7 Å². The molecule has 1 saturated carbocycles. The van der Waals surface area contributed by atoms with Crippen LogP contribution in [0.15, 0.2) is 36.4 Å². The second-order valence-electron chi connectivity index (χ2n) is 13.4. The van der Waals surface area contributed by atoms with Crippen LogP contribution in [-0.4, -0.2) is 84.6 Å². The van der Waals surface area contributed by atoms with Crippen LogP contribution >= 0.6 is 0 Å². The van der Waals surface area contributed by atoms with Crippen LogP contribution in [0.2, 0.25) is 0 Å². The van der Waals surface area contributed by atoms with E-state index < -0.39 is 11.6 Å². The van der Waals surface area contributed by atoms with Crippen molar-refractivity contribution in [2.75, 3.05) is 57.4 Å². The van der Waals surface area contributed by atoms with E-state index in [-0.39, 0.29) is 33.8 Å². The Hall–Kier alpha value is -4.04. The van der Waals surface area contributed by atoms with Gasteiger partial charge in [0, 0.05) is 73.2 Å². The molecule has 4 aliphatic rings. The van der Waals surface area contributed by atoms with Crippen molar-refractivity contribution in [1.82, 2.24) is 20.2 Å². The van der Waals surface area contributed by atoms with Crippen molar-refractivity contribution in [2.45, 2.75) is 44.2 Å². The summed E-state index contributed by atoms with van der Waals surface area (Å²) in [5.41, 5.74) is 0.610. The number of rotatable bonds is 7. The first-order valence-electron chi connectivity index (χ1n) is 16.3. The van der Waals surface area contributed by atoms with E-state index in [1.165, 1.54) is 24.3 Å². The van der Waals surface area contributed by atoms with Gasteiger partial charge >= 0.3 is 6.01 Å². The predicted octanol–water partition coefficient (Wildman–Crippen LogP) is 5.24. The molecule has 3 saturated heterocycles. The average molecular weight is 626 g/mol. The van der Waals surface area contributed by atoms with Gasteiger partial charge in [-0.05, 0) is 67.3 Å². The van der Waals surface area contributed by atoms with Gasteiger partial charge in [-0.15, -0.1) is 6.42 Å². The smallest absolute Gasteiger partial charge is 0.319 e. The van der Waals surface area contributed by atoms with E-state index in [0.29, 0.717) is 46.2 Å². The number of benzene rings is 3. The zero-order valence-corrected chi connectivity index (χ0v) is 25.7. The number of hydrogen-bond donors (Lipinski definition) is 2. The molecule has 0 amide bonds. The highest BCUT2D eigenvalue weighted by Gasteiger charge is 2.45. The van der Waals surface area contributed by atoms with Crippen molar-refractivity contribution in [3.8, 4) is 35.2 Å². The molecule has 1 aliphatic carbocycles. The number of nitrogens with zero attached hydrogens (tertiary/aromatic N) is 4. The molecule has 4 fully saturated rings. The van der Waals surface area contributed by atoms with Crippen molar-refractivity contribution in [2.24, 2.45) is 5.41 Å². The monoisotopic (exact) mass is 625 g/mol. The third-order valence-corrected chi connectivity index (χ3v) is 10.1. The first-order valence-corrected chi connectivity index (χ1v) is 16.3. The minimum atomic E-state index is -0.603. The molecule has 8 nitrogen and oxygen atoms in total. The summed E-state index contributed by atoms with van der Waals surface area (Å²) in [6.07, 6.45) is 11.0. The van der Waals surface area contributed by atoms with Crippen LogP contribution in [0.4, 0.5) is 14.6 Å². The topological polar surface area (TPSA) is 83.0 Å². The average Bonchev–Trinajstić information content (AvgIpc) is 3.80. The van der Waals surface area contributed by atoms with Gasteiger partial charge in [0.15, 0.2) is 5.82 Å². The molecule has 46 heavy (non-hydrogen) atoms. The van der Waals surface area contributed by atoms with Gasteiger partial charge in [0.1, 0.15) is 22.9 Å². The molecule has 2 unspecified atom stereocenters. The maximum Gasteiger partial charge on any atom is 0.319 e. The number of phenols is 1. The molecule has 3 aromatic carbocycles. The number of aromatic nitrogens is 2. The molecule has 0 spiro atoms. The third kappa shape index (κ3) is 5.40. The fourth-order valence-electron chi connectivity index (χ4n) is 7.56. The standard InChI is InChI=1S/C36H37F2N5O3/c1-2-26-30(37)9-4-22-16-25(44)17-29(31(22)26)27-7-8-28-33(32(27)38)40-35(41-34(28)43-18-23-5-6-24(19-43)39-23)46-21-36(10-11-36)20-42-12-3-14-45-15-13-42/h1,4,7-9,16-17,23-24,39,44H,3,5-6,10-15,18-21H2. The number of phenolic OH excluding ortho intramolecular Hbond substituents is 1.